The first-order valence-corrected chi connectivity index (χ1v) is 10.0. The van der Waals surface area contributed by atoms with E-state index in [0.29, 0.717) is 19.1 Å². The molecule has 0 bridgehead atoms. The molecule has 2 N–H and O–H groups in total. The Morgan fingerprint density at radius 1 is 1.10 bits per heavy atom. The first-order chi connectivity index (χ1) is 13.8. The highest BCUT2D eigenvalue weighted by Gasteiger charge is 2.35. The van der Waals surface area contributed by atoms with Crippen LogP contribution in [0.5, 0.6) is 0 Å². The predicted octanol–water partition coefficient (Wildman–Crippen LogP) is 2.09. The second-order valence-electron chi connectivity index (χ2n) is 7.98. The minimum atomic E-state index is -0.257. The standard InChI is InChI=1S/C23H28FN3O2/c1-16-5-4-6-17(2)23(16)25-21(28)14-26(3)22(29)15-27(20-11-12-20)13-18-7-9-19(24)10-8-18/h4-10,20H,11-15H2,1-3H3,(H,25,28)/p+1. The first-order valence-electron chi connectivity index (χ1n) is 10.0. The number of carbonyl (C=O) groups is 2. The van der Waals surface area contributed by atoms with E-state index in [1.807, 2.05) is 32.0 Å². The monoisotopic (exact) mass is 398 g/mol. The van der Waals surface area contributed by atoms with Gasteiger partial charge >= 0.3 is 0 Å². The van der Waals surface area contributed by atoms with Crippen LogP contribution in [-0.4, -0.2) is 42.9 Å². The van der Waals surface area contributed by atoms with Gasteiger partial charge in [-0.05, 0) is 37.1 Å². The first kappa shape index (κ1) is 21.0. The summed E-state index contributed by atoms with van der Waals surface area (Å²) in [7, 11) is 1.66. The SMILES string of the molecule is Cc1cccc(C)c1NC(=O)CN(C)C(=O)C[NH+](Cc1ccc(F)cc1)C1CC1. The average Bonchev–Trinajstić information content (AvgIpc) is 3.51. The van der Waals surface area contributed by atoms with Gasteiger partial charge in [-0.15, -0.1) is 0 Å². The summed E-state index contributed by atoms with van der Waals surface area (Å²) in [4.78, 5) is 27.8. The maximum Gasteiger partial charge on any atom is 0.277 e. The number of para-hydroxylation sites is 1. The van der Waals surface area contributed by atoms with Crippen LogP contribution in [0.2, 0.25) is 0 Å². The molecule has 0 aliphatic heterocycles. The third kappa shape index (κ3) is 5.87. The van der Waals surface area contributed by atoms with Gasteiger partial charge in [-0.1, -0.05) is 30.3 Å². The number of hydrogen-bond acceptors (Lipinski definition) is 2. The van der Waals surface area contributed by atoms with Gasteiger partial charge in [-0.25, -0.2) is 4.39 Å². The molecule has 154 valence electrons. The molecule has 1 fully saturated rings. The zero-order valence-corrected chi connectivity index (χ0v) is 17.3. The van der Waals surface area contributed by atoms with Crippen molar-refractivity contribution >= 4 is 17.5 Å². The largest absolute Gasteiger partial charge is 0.332 e. The van der Waals surface area contributed by atoms with Gasteiger partial charge in [-0.3, -0.25) is 9.59 Å². The van der Waals surface area contributed by atoms with E-state index in [9.17, 15) is 14.0 Å². The number of halogens is 1. The van der Waals surface area contributed by atoms with Gasteiger partial charge in [0.05, 0.1) is 12.6 Å². The minimum Gasteiger partial charge on any atom is -0.332 e. The summed E-state index contributed by atoms with van der Waals surface area (Å²) in [6, 6.07) is 12.7. The number of aryl methyl sites for hydroxylation is 2. The number of amides is 2. The van der Waals surface area contributed by atoms with Crippen LogP contribution in [0.1, 0.15) is 29.5 Å². The van der Waals surface area contributed by atoms with Gasteiger partial charge in [0, 0.05) is 31.1 Å². The van der Waals surface area contributed by atoms with E-state index in [2.05, 4.69) is 5.32 Å². The van der Waals surface area contributed by atoms with Crippen LogP contribution < -0.4 is 10.2 Å². The van der Waals surface area contributed by atoms with E-state index >= 15 is 0 Å². The Kier molecular flexibility index (Phi) is 6.64. The highest BCUT2D eigenvalue weighted by Crippen LogP contribution is 2.19. The number of quaternary nitrogens is 1. The van der Waals surface area contributed by atoms with Crippen molar-refractivity contribution in [2.24, 2.45) is 0 Å². The Morgan fingerprint density at radius 2 is 1.72 bits per heavy atom. The Hall–Kier alpha value is -2.73. The second kappa shape index (κ2) is 9.18. The summed E-state index contributed by atoms with van der Waals surface area (Å²) < 4.78 is 13.1. The molecule has 1 saturated carbocycles. The van der Waals surface area contributed by atoms with Crippen LogP contribution in [0.3, 0.4) is 0 Å². The molecule has 1 atom stereocenters. The fourth-order valence-corrected chi connectivity index (χ4v) is 3.53. The van der Waals surface area contributed by atoms with Gasteiger partial charge < -0.3 is 15.1 Å². The third-order valence-electron chi connectivity index (χ3n) is 5.43. The number of nitrogens with one attached hydrogen (secondary N) is 2. The molecule has 1 aliphatic rings. The predicted molar refractivity (Wildman–Crippen MR) is 111 cm³/mol. The molecule has 5 nitrogen and oxygen atoms in total. The molecular weight excluding hydrogens is 369 g/mol. The molecule has 0 aromatic heterocycles. The molecule has 1 unspecified atom stereocenters. The van der Waals surface area contributed by atoms with Crippen LogP contribution in [0.15, 0.2) is 42.5 Å². The Balaban J connectivity index is 1.55. The lowest BCUT2D eigenvalue weighted by Gasteiger charge is -2.23. The molecule has 0 heterocycles. The molecule has 29 heavy (non-hydrogen) atoms. The molecule has 2 aromatic rings. The summed E-state index contributed by atoms with van der Waals surface area (Å²) in [5.41, 5.74) is 3.81. The molecule has 0 saturated heterocycles. The van der Waals surface area contributed by atoms with Crippen molar-refractivity contribution in [2.45, 2.75) is 39.3 Å². The number of benzene rings is 2. The van der Waals surface area contributed by atoms with E-state index in [4.69, 9.17) is 0 Å². The normalized spacial score (nSPS) is 14.3. The molecule has 1 aliphatic carbocycles. The van der Waals surface area contributed by atoms with E-state index in [-0.39, 0.29) is 24.2 Å². The Morgan fingerprint density at radius 3 is 2.31 bits per heavy atom. The Labute approximate surface area is 171 Å². The zero-order valence-electron chi connectivity index (χ0n) is 17.3. The second-order valence-corrected chi connectivity index (χ2v) is 7.98. The molecule has 2 aromatic carbocycles. The van der Waals surface area contributed by atoms with E-state index in [0.717, 1.165) is 35.2 Å². The summed E-state index contributed by atoms with van der Waals surface area (Å²) >= 11 is 0. The van der Waals surface area contributed by atoms with Gasteiger partial charge in [0.2, 0.25) is 5.91 Å². The van der Waals surface area contributed by atoms with Gasteiger partial charge in [0.25, 0.3) is 5.91 Å². The summed E-state index contributed by atoms with van der Waals surface area (Å²) in [6.45, 7) is 4.92. The Bertz CT molecular complexity index is 858. The molecule has 3 rings (SSSR count). The molecule has 6 heteroatoms. The van der Waals surface area contributed by atoms with E-state index in [1.54, 1.807) is 19.2 Å². The molecule has 0 radical (unpaired) electrons. The number of nitrogens with zero attached hydrogens (tertiary/aromatic N) is 1. The number of hydrogen-bond donors (Lipinski definition) is 2. The van der Waals surface area contributed by atoms with E-state index in [1.165, 1.54) is 21.9 Å². The number of likely N-dealkylation sites (N-methyl/N-ethyl adjacent to an activating group) is 1. The highest BCUT2D eigenvalue weighted by molar-refractivity contribution is 5.95. The maximum atomic E-state index is 13.1. The van der Waals surface area contributed by atoms with Crippen molar-refractivity contribution in [1.82, 2.24) is 4.90 Å². The van der Waals surface area contributed by atoms with Crippen molar-refractivity contribution in [3.8, 4) is 0 Å². The van der Waals surface area contributed by atoms with Crippen molar-refractivity contribution in [2.75, 3.05) is 25.5 Å². The lowest BCUT2D eigenvalue weighted by molar-refractivity contribution is -0.917. The minimum absolute atomic E-state index is 0.0150. The van der Waals surface area contributed by atoms with Crippen molar-refractivity contribution in [3.05, 3.63) is 65.0 Å². The van der Waals surface area contributed by atoms with Crippen LogP contribution in [0.25, 0.3) is 0 Å². The van der Waals surface area contributed by atoms with Crippen molar-refractivity contribution in [1.29, 1.82) is 0 Å². The molecular formula is C23H29FN3O2+. The average molecular weight is 399 g/mol. The van der Waals surface area contributed by atoms with Crippen LogP contribution >= 0.6 is 0 Å². The fourth-order valence-electron chi connectivity index (χ4n) is 3.53. The van der Waals surface area contributed by atoms with Gasteiger partial charge in [0.1, 0.15) is 12.4 Å². The molecule has 0 spiro atoms. The smallest absolute Gasteiger partial charge is 0.277 e. The van der Waals surface area contributed by atoms with Crippen molar-refractivity contribution < 1.29 is 18.9 Å². The van der Waals surface area contributed by atoms with Crippen molar-refractivity contribution in [3.63, 3.8) is 0 Å². The zero-order chi connectivity index (χ0) is 21.0. The van der Waals surface area contributed by atoms with E-state index < -0.39 is 0 Å². The number of anilines is 1. The summed E-state index contributed by atoms with van der Waals surface area (Å²) in [5, 5.41) is 2.92. The number of rotatable bonds is 8. The number of carbonyl (C=O) groups excluding carboxylic acids is 2. The van der Waals surface area contributed by atoms with Gasteiger partial charge in [-0.2, -0.15) is 0 Å². The van der Waals surface area contributed by atoms with Gasteiger partial charge in [0.15, 0.2) is 6.54 Å². The molecule has 2 amide bonds. The summed E-state index contributed by atoms with van der Waals surface area (Å²) in [5.74, 6) is -0.525. The topological polar surface area (TPSA) is 53.9 Å². The van der Waals surface area contributed by atoms with Crippen LogP contribution in [-0.2, 0) is 16.1 Å². The van der Waals surface area contributed by atoms with Crippen LogP contribution in [0.4, 0.5) is 10.1 Å². The lowest BCUT2D eigenvalue weighted by Crippen LogP contribution is -3.13. The third-order valence-corrected chi connectivity index (χ3v) is 5.43. The van der Waals surface area contributed by atoms with Crippen LogP contribution in [0, 0.1) is 19.7 Å². The highest BCUT2D eigenvalue weighted by atomic mass is 19.1. The summed E-state index contributed by atoms with van der Waals surface area (Å²) in [6.07, 6.45) is 2.20. The quantitative estimate of drug-likeness (QED) is 0.716. The maximum absolute atomic E-state index is 13.1. The fraction of sp³-hybridized carbons (Fsp3) is 0.391. The lowest BCUT2D eigenvalue weighted by atomic mass is 10.1.